The summed E-state index contributed by atoms with van der Waals surface area (Å²) in [6, 6.07) is 3.37. The summed E-state index contributed by atoms with van der Waals surface area (Å²) >= 11 is 11.8. The Labute approximate surface area is 93.6 Å². The second-order valence-corrected chi connectivity index (χ2v) is 3.78. The Bertz CT molecular complexity index is 662. The van der Waals surface area contributed by atoms with Gasteiger partial charge in [-0.1, -0.05) is 23.2 Å². The topological polar surface area (TPSA) is 56.0 Å². The SMILES string of the molecule is Clc1cc2ncc3nnnn3c2cc1Cl. The van der Waals surface area contributed by atoms with Crippen LogP contribution in [0.5, 0.6) is 0 Å². The van der Waals surface area contributed by atoms with E-state index in [-0.39, 0.29) is 0 Å². The maximum absolute atomic E-state index is 5.91. The fourth-order valence-electron chi connectivity index (χ4n) is 1.37. The third-order valence-corrected chi connectivity index (χ3v) is 2.78. The van der Waals surface area contributed by atoms with Crippen LogP contribution < -0.4 is 0 Å². The van der Waals surface area contributed by atoms with E-state index in [0.717, 1.165) is 5.52 Å². The van der Waals surface area contributed by atoms with Crippen molar-refractivity contribution in [2.24, 2.45) is 0 Å². The Kier molecular flexibility index (Phi) is 1.77. The van der Waals surface area contributed by atoms with Gasteiger partial charge in [-0.15, -0.1) is 5.10 Å². The minimum atomic E-state index is 0.453. The van der Waals surface area contributed by atoms with Crippen LogP contribution >= 0.6 is 23.2 Å². The Hall–Kier alpha value is -1.46. The second kappa shape index (κ2) is 3.01. The van der Waals surface area contributed by atoms with Crippen LogP contribution in [0.1, 0.15) is 0 Å². The molecule has 2 aromatic heterocycles. The summed E-state index contributed by atoms with van der Waals surface area (Å²) in [4.78, 5) is 4.18. The largest absolute Gasteiger partial charge is 0.251 e. The molecule has 0 saturated carbocycles. The average Bonchev–Trinajstić information content (AvgIpc) is 2.68. The normalized spacial score (nSPS) is 11.3. The standard InChI is InChI=1S/C8H3Cl2N5/c9-4-1-6-7(2-5(4)10)15-8(3-11-6)12-13-14-15/h1-3H. The van der Waals surface area contributed by atoms with Gasteiger partial charge in [0.2, 0.25) is 0 Å². The highest BCUT2D eigenvalue weighted by atomic mass is 35.5. The summed E-state index contributed by atoms with van der Waals surface area (Å²) in [5, 5.41) is 12.1. The van der Waals surface area contributed by atoms with E-state index in [9.17, 15) is 0 Å². The minimum Gasteiger partial charge on any atom is -0.251 e. The first-order valence-electron chi connectivity index (χ1n) is 4.07. The number of hydrogen-bond donors (Lipinski definition) is 0. The number of tetrazole rings is 1. The van der Waals surface area contributed by atoms with Crippen LogP contribution in [-0.4, -0.2) is 25.0 Å². The maximum Gasteiger partial charge on any atom is 0.198 e. The fourth-order valence-corrected chi connectivity index (χ4v) is 1.69. The van der Waals surface area contributed by atoms with Gasteiger partial charge in [0, 0.05) is 0 Å². The van der Waals surface area contributed by atoms with Crippen molar-refractivity contribution in [2.45, 2.75) is 0 Å². The molecule has 0 aliphatic carbocycles. The van der Waals surface area contributed by atoms with E-state index in [2.05, 4.69) is 20.5 Å². The highest BCUT2D eigenvalue weighted by Gasteiger charge is 2.07. The van der Waals surface area contributed by atoms with Crippen molar-refractivity contribution in [3.8, 4) is 0 Å². The summed E-state index contributed by atoms with van der Waals surface area (Å²) < 4.78 is 1.56. The highest BCUT2D eigenvalue weighted by molar-refractivity contribution is 6.42. The number of nitrogens with zero attached hydrogens (tertiary/aromatic N) is 5. The lowest BCUT2D eigenvalue weighted by Crippen LogP contribution is -1.93. The van der Waals surface area contributed by atoms with Gasteiger partial charge in [0.15, 0.2) is 5.65 Å². The van der Waals surface area contributed by atoms with E-state index >= 15 is 0 Å². The number of halogens is 2. The Morgan fingerprint density at radius 1 is 1.13 bits per heavy atom. The molecule has 1 aromatic carbocycles. The molecule has 0 unspecified atom stereocenters. The van der Waals surface area contributed by atoms with Crippen LogP contribution in [0.2, 0.25) is 10.0 Å². The zero-order chi connectivity index (χ0) is 10.4. The van der Waals surface area contributed by atoms with E-state index in [1.165, 1.54) is 0 Å². The number of fused-ring (bicyclic) bond motifs is 3. The Balaban J connectivity index is 2.57. The van der Waals surface area contributed by atoms with Crippen molar-refractivity contribution in [3.05, 3.63) is 28.4 Å². The molecule has 2 heterocycles. The van der Waals surface area contributed by atoms with Crippen LogP contribution in [0.4, 0.5) is 0 Å². The quantitative estimate of drug-likeness (QED) is 0.602. The molecule has 7 heteroatoms. The lowest BCUT2D eigenvalue weighted by molar-refractivity contribution is 0.841. The fraction of sp³-hybridized carbons (Fsp3) is 0. The molecular weight excluding hydrogens is 237 g/mol. The predicted molar refractivity (Wildman–Crippen MR) is 56.1 cm³/mol. The molecule has 0 bridgehead atoms. The summed E-state index contributed by atoms with van der Waals surface area (Å²) in [6.45, 7) is 0. The van der Waals surface area contributed by atoms with Gasteiger partial charge in [-0.2, -0.15) is 4.52 Å². The Morgan fingerprint density at radius 3 is 2.80 bits per heavy atom. The minimum absolute atomic E-state index is 0.453. The van der Waals surface area contributed by atoms with Crippen molar-refractivity contribution >= 4 is 39.9 Å². The third kappa shape index (κ3) is 1.24. The molecule has 0 amide bonds. The maximum atomic E-state index is 5.91. The van der Waals surface area contributed by atoms with Gasteiger partial charge < -0.3 is 0 Å². The van der Waals surface area contributed by atoms with E-state index in [4.69, 9.17) is 23.2 Å². The molecule has 0 atom stereocenters. The molecule has 0 aliphatic heterocycles. The zero-order valence-corrected chi connectivity index (χ0v) is 8.74. The van der Waals surface area contributed by atoms with Crippen molar-refractivity contribution < 1.29 is 0 Å². The molecule has 0 N–H and O–H groups in total. The van der Waals surface area contributed by atoms with E-state index in [1.807, 2.05) is 0 Å². The molecular formula is C8H3Cl2N5. The Morgan fingerprint density at radius 2 is 1.93 bits per heavy atom. The predicted octanol–water partition coefficient (Wildman–Crippen LogP) is 1.98. The average molecular weight is 240 g/mol. The first-order chi connectivity index (χ1) is 7.25. The van der Waals surface area contributed by atoms with Crippen LogP contribution in [0.3, 0.4) is 0 Å². The van der Waals surface area contributed by atoms with E-state index < -0.39 is 0 Å². The summed E-state index contributed by atoms with van der Waals surface area (Å²) in [5.41, 5.74) is 2.00. The lowest BCUT2D eigenvalue weighted by atomic mass is 10.3. The summed E-state index contributed by atoms with van der Waals surface area (Å²) in [6.07, 6.45) is 1.58. The lowest BCUT2D eigenvalue weighted by Gasteiger charge is -2.00. The van der Waals surface area contributed by atoms with Gasteiger partial charge in [-0.25, -0.2) is 0 Å². The van der Waals surface area contributed by atoms with Crippen molar-refractivity contribution in [1.29, 1.82) is 0 Å². The van der Waals surface area contributed by atoms with Crippen molar-refractivity contribution in [3.63, 3.8) is 0 Å². The molecule has 3 rings (SSSR count). The van der Waals surface area contributed by atoms with Crippen LogP contribution in [0.25, 0.3) is 16.7 Å². The summed E-state index contributed by atoms with van der Waals surface area (Å²) in [7, 11) is 0. The molecule has 0 aliphatic rings. The van der Waals surface area contributed by atoms with Gasteiger partial charge in [0.05, 0.1) is 27.3 Å². The van der Waals surface area contributed by atoms with Crippen LogP contribution in [0, 0.1) is 0 Å². The van der Waals surface area contributed by atoms with Crippen molar-refractivity contribution in [1.82, 2.24) is 25.0 Å². The van der Waals surface area contributed by atoms with Gasteiger partial charge >= 0.3 is 0 Å². The van der Waals surface area contributed by atoms with Crippen LogP contribution in [-0.2, 0) is 0 Å². The molecule has 74 valence electrons. The molecule has 0 spiro atoms. The number of hydrogen-bond acceptors (Lipinski definition) is 4. The molecule has 5 nitrogen and oxygen atoms in total. The van der Waals surface area contributed by atoms with Gasteiger partial charge in [-0.3, -0.25) is 4.98 Å². The summed E-state index contributed by atoms with van der Waals surface area (Å²) in [5.74, 6) is 0. The van der Waals surface area contributed by atoms with Gasteiger partial charge in [0.25, 0.3) is 0 Å². The smallest absolute Gasteiger partial charge is 0.198 e. The third-order valence-electron chi connectivity index (χ3n) is 2.06. The molecule has 3 aromatic rings. The number of aromatic nitrogens is 5. The number of rotatable bonds is 0. The van der Waals surface area contributed by atoms with E-state index in [1.54, 1.807) is 22.8 Å². The monoisotopic (exact) mass is 239 g/mol. The van der Waals surface area contributed by atoms with Gasteiger partial charge in [0.1, 0.15) is 0 Å². The first kappa shape index (κ1) is 8.82. The molecule has 15 heavy (non-hydrogen) atoms. The zero-order valence-electron chi connectivity index (χ0n) is 7.22. The van der Waals surface area contributed by atoms with Gasteiger partial charge in [-0.05, 0) is 22.6 Å². The molecule has 0 radical (unpaired) electrons. The van der Waals surface area contributed by atoms with Crippen molar-refractivity contribution in [2.75, 3.05) is 0 Å². The molecule has 0 saturated heterocycles. The first-order valence-corrected chi connectivity index (χ1v) is 4.83. The van der Waals surface area contributed by atoms with E-state index in [0.29, 0.717) is 21.2 Å². The van der Waals surface area contributed by atoms with Crippen LogP contribution in [0.15, 0.2) is 18.3 Å². The highest BCUT2D eigenvalue weighted by Crippen LogP contribution is 2.26. The second-order valence-electron chi connectivity index (χ2n) is 2.96. The molecule has 0 fully saturated rings. The number of benzene rings is 1.